The molecule has 0 saturated heterocycles. The second-order valence-electron chi connectivity index (χ2n) is 13.6. The highest BCUT2D eigenvalue weighted by atomic mass is 16.5. The number of aromatic nitrogens is 8. The minimum absolute atomic E-state index is 0.176. The number of imidazole rings is 2. The minimum atomic E-state index is -0.666. The van der Waals surface area contributed by atoms with Crippen molar-refractivity contribution >= 4 is 57.6 Å². The van der Waals surface area contributed by atoms with Crippen molar-refractivity contribution in [3.8, 4) is 11.5 Å². The number of ether oxygens (including phenoxy) is 3. The Hall–Kier alpha value is -6.76. The second kappa shape index (κ2) is 15.8. The molecule has 0 spiro atoms. The van der Waals surface area contributed by atoms with Crippen molar-refractivity contribution in [2.75, 3.05) is 37.6 Å². The van der Waals surface area contributed by atoms with Gasteiger partial charge < -0.3 is 34.8 Å². The summed E-state index contributed by atoms with van der Waals surface area (Å²) in [5.41, 5.74) is 15.8. The van der Waals surface area contributed by atoms with Crippen LogP contribution in [0.15, 0.2) is 36.4 Å². The molecule has 0 radical (unpaired) electrons. The SMILES string of the molecule is CCn1nc(C)cc1C(=O)Nc1nc2cc(C(N)=O)cc(OCCOC)c2n1CCC[C@H]1COc2cc(C(N)=O)cc3nc(NC(=O)c4cc(C)nn4CC)n1c23. The molecule has 0 aliphatic carbocycles. The summed E-state index contributed by atoms with van der Waals surface area (Å²) in [4.78, 5) is 61.4. The smallest absolute Gasteiger partial charge is 0.276 e. The number of anilines is 2. The number of nitrogens with zero attached hydrogens (tertiary/aromatic N) is 8. The fourth-order valence-electron chi connectivity index (χ4n) is 7.15. The number of hydrogen-bond donors (Lipinski definition) is 4. The van der Waals surface area contributed by atoms with E-state index in [1.165, 1.54) is 0 Å². The number of benzene rings is 2. The molecule has 1 aliphatic rings. The maximum atomic E-state index is 13.7. The maximum absolute atomic E-state index is 13.7. The summed E-state index contributed by atoms with van der Waals surface area (Å²) in [5, 5.41) is 14.7. The average molecular weight is 781 g/mol. The number of carbonyl (C=O) groups is 4. The number of hydrogen-bond acceptors (Lipinski definition) is 11. The van der Waals surface area contributed by atoms with Crippen molar-refractivity contribution in [3.05, 3.63) is 70.3 Å². The molecule has 5 heterocycles. The molecular weight excluding hydrogens is 736 g/mol. The molecule has 19 heteroatoms. The molecule has 0 unspecified atom stereocenters. The predicted octanol–water partition coefficient (Wildman–Crippen LogP) is 3.58. The Morgan fingerprint density at radius 1 is 0.807 bits per heavy atom. The molecule has 7 rings (SSSR count). The third-order valence-electron chi connectivity index (χ3n) is 9.71. The molecule has 0 bridgehead atoms. The first-order valence-corrected chi connectivity index (χ1v) is 18.6. The molecule has 2 aromatic carbocycles. The van der Waals surface area contributed by atoms with Crippen molar-refractivity contribution in [2.45, 2.75) is 66.2 Å². The molecule has 6 aromatic rings. The van der Waals surface area contributed by atoms with E-state index in [1.54, 1.807) is 52.9 Å². The van der Waals surface area contributed by atoms with E-state index in [1.807, 2.05) is 36.8 Å². The van der Waals surface area contributed by atoms with Gasteiger partial charge in [-0.1, -0.05) is 0 Å². The van der Waals surface area contributed by atoms with Gasteiger partial charge >= 0.3 is 0 Å². The lowest BCUT2D eigenvalue weighted by atomic mass is 10.1. The Balaban J connectivity index is 1.25. The third-order valence-corrected chi connectivity index (χ3v) is 9.71. The van der Waals surface area contributed by atoms with Crippen LogP contribution in [-0.2, 0) is 24.4 Å². The molecule has 4 amide bonds. The van der Waals surface area contributed by atoms with Gasteiger partial charge in [0.25, 0.3) is 11.8 Å². The summed E-state index contributed by atoms with van der Waals surface area (Å²) >= 11 is 0. The molecule has 4 aromatic heterocycles. The number of primary amides is 2. The Kier molecular flexibility index (Phi) is 10.7. The van der Waals surface area contributed by atoms with Crippen LogP contribution in [0.2, 0.25) is 0 Å². The summed E-state index contributed by atoms with van der Waals surface area (Å²) in [6.45, 7) is 9.36. The van der Waals surface area contributed by atoms with Gasteiger partial charge in [-0.15, -0.1) is 0 Å². The van der Waals surface area contributed by atoms with Crippen LogP contribution in [0.4, 0.5) is 11.9 Å². The van der Waals surface area contributed by atoms with E-state index in [9.17, 15) is 19.2 Å². The second-order valence-corrected chi connectivity index (χ2v) is 13.6. The van der Waals surface area contributed by atoms with Crippen molar-refractivity contribution in [2.24, 2.45) is 11.5 Å². The minimum Gasteiger partial charge on any atom is -0.489 e. The monoisotopic (exact) mass is 780 g/mol. The van der Waals surface area contributed by atoms with Gasteiger partial charge in [-0.2, -0.15) is 10.2 Å². The first kappa shape index (κ1) is 38.5. The van der Waals surface area contributed by atoms with E-state index in [4.69, 9.17) is 35.6 Å². The van der Waals surface area contributed by atoms with E-state index in [-0.39, 0.29) is 48.9 Å². The zero-order valence-corrected chi connectivity index (χ0v) is 32.3. The fourth-order valence-corrected chi connectivity index (χ4v) is 7.15. The van der Waals surface area contributed by atoms with Gasteiger partial charge in [0.2, 0.25) is 23.7 Å². The molecule has 1 atom stereocenters. The van der Waals surface area contributed by atoms with Crippen LogP contribution in [-0.4, -0.2) is 89.2 Å². The number of fused-ring (bicyclic) bond motifs is 1. The van der Waals surface area contributed by atoms with E-state index < -0.39 is 23.6 Å². The number of aryl methyl sites for hydroxylation is 5. The lowest BCUT2D eigenvalue weighted by Gasteiger charge is -2.27. The highest BCUT2D eigenvalue weighted by molar-refractivity contribution is 6.05. The van der Waals surface area contributed by atoms with Gasteiger partial charge in [0.1, 0.15) is 47.1 Å². The normalized spacial score (nSPS) is 13.5. The van der Waals surface area contributed by atoms with Gasteiger partial charge in [-0.05, 0) is 76.9 Å². The zero-order chi connectivity index (χ0) is 40.5. The van der Waals surface area contributed by atoms with Gasteiger partial charge in [0, 0.05) is 37.9 Å². The van der Waals surface area contributed by atoms with Crippen molar-refractivity contribution in [3.63, 3.8) is 0 Å². The van der Waals surface area contributed by atoms with Crippen molar-refractivity contribution in [1.82, 2.24) is 38.7 Å². The summed E-state index contributed by atoms with van der Waals surface area (Å²) in [6, 6.07) is 9.33. The van der Waals surface area contributed by atoms with Gasteiger partial charge in [0.15, 0.2) is 0 Å². The number of nitrogens with one attached hydrogen (secondary N) is 2. The average Bonchev–Trinajstić information content (AvgIpc) is 3.95. The number of methoxy groups -OCH3 is 1. The fraction of sp³-hybridized carbons (Fsp3) is 0.368. The Labute approximate surface area is 326 Å². The van der Waals surface area contributed by atoms with E-state index >= 15 is 0 Å². The summed E-state index contributed by atoms with van der Waals surface area (Å²) in [5.74, 6) is -0.880. The Morgan fingerprint density at radius 2 is 1.39 bits per heavy atom. The number of amides is 4. The van der Waals surface area contributed by atoms with Crippen LogP contribution in [0.3, 0.4) is 0 Å². The predicted molar refractivity (Wildman–Crippen MR) is 209 cm³/mol. The molecule has 57 heavy (non-hydrogen) atoms. The first-order valence-electron chi connectivity index (χ1n) is 18.6. The lowest BCUT2D eigenvalue weighted by molar-refractivity contribution is 0.0991. The highest BCUT2D eigenvalue weighted by Gasteiger charge is 2.30. The van der Waals surface area contributed by atoms with Crippen molar-refractivity contribution < 1.29 is 33.4 Å². The maximum Gasteiger partial charge on any atom is 0.276 e. The van der Waals surface area contributed by atoms with E-state index in [0.29, 0.717) is 88.8 Å². The standard InChI is InChI=1S/C38H44N12O7/c1-6-48-27(13-20(3)45-48)35(53)43-37-41-25-15-22(33(39)51)17-29(56-12-11-55-5)31(25)47(37)10-8-9-24-19-57-30-18-23(34(40)52)16-26-32(30)50(24)38(42-26)44-36(54)28-14-21(4)46-49(28)7-2/h13-18,24H,6-12,19H2,1-5H3,(H2,39,51)(H2,40,52)(H,41,43,53)(H,42,44,54)/t24-/m0/s1. The van der Waals surface area contributed by atoms with Crippen LogP contribution in [0.5, 0.6) is 11.5 Å². The molecule has 0 fully saturated rings. The lowest BCUT2D eigenvalue weighted by Crippen LogP contribution is -2.26. The van der Waals surface area contributed by atoms with Crippen LogP contribution in [0, 0.1) is 13.8 Å². The van der Waals surface area contributed by atoms with E-state index in [0.717, 1.165) is 0 Å². The first-order chi connectivity index (χ1) is 27.4. The Morgan fingerprint density at radius 3 is 1.98 bits per heavy atom. The molecule has 19 nitrogen and oxygen atoms in total. The van der Waals surface area contributed by atoms with Gasteiger partial charge in [-0.3, -0.25) is 39.2 Å². The largest absolute Gasteiger partial charge is 0.489 e. The number of nitrogens with two attached hydrogens (primary N) is 2. The Bertz CT molecular complexity index is 2550. The molecular formula is C38H44N12O7. The summed E-state index contributed by atoms with van der Waals surface area (Å²) in [6.07, 6.45) is 1.01. The molecule has 1 aliphatic heterocycles. The number of carbonyl (C=O) groups excluding carboxylic acids is 4. The van der Waals surface area contributed by atoms with E-state index in [2.05, 4.69) is 20.8 Å². The molecule has 298 valence electrons. The van der Waals surface area contributed by atoms with Crippen LogP contribution in [0.1, 0.15) is 85.8 Å². The zero-order valence-electron chi connectivity index (χ0n) is 32.3. The van der Waals surface area contributed by atoms with Gasteiger partial charge in [0.05, 0.1) is 35.1 Å². The molecule has 6 N–H and O–H groups in total. The molecule has 0 saturated carbocycles. The van der Waals surface area contributed by atoms with Crippen LogP contribution >= 0.6 is 0 Å². The number of rotatable bonds is 16. The summed E-state index contributed by atoms with van der Waals surface area (Å²) < 4.78 is 24.5. The summed E-state index contributed by atoms with van der Waals surface area (Å²) in [7, 11) is 1.55. The topological polar surface area (TPSA) is 243 Å². The van der Waals surface area contributed by atoms with Crippen LogP contribution < -0.4 is 31.6 Å². The third kappa shape index (κ3) is 7.48. The highest BCUT2D eigenvalue weighted by Crippen LogP contribution is 2.39. The van der Waals surface area contributed by atoms with Gasteiger partial charge in [-0.25, -0.2) is 9.97 Å². The quantitative estimate of drug-likeness (QED) is 0.103. The van der Waals surface area contributed by atoms with Crippen LogP contribution in [0.25, 0.3) is 22.1 Å². The van der Waals surface area contributed by atoms with Crippen molar-refractivity contribution in [1.29, 1.82) is 0 Å².